The van der Waals surface area contributed by atoms with Gasteiger partial charge in [-0.3, -0.25) is 0 Å². The lowest BCUT2D eigenvalue weighted by Crippen LogP contribution is -1.87. The molecule has 80 valence electrons. The highest BCUT2D eigenvalue weighted by molar-refractivity contribution is 5.90. The third-order valence-corrected chi connectivity index (χ3v) is 2.62. The van der Waals surface area contributed by atoms with Crippen molar-refractivity contribution in [3.05, 3.63) is 48.4 Å². The number of hydrogen-bond acceptors (Lipinski definition) is 3. The second kappa shape index (κ2) is 3.72. The number of nitrogens with one attached hydrogen (secondary N) is 1. The largest absolute Gasteiger partial charge is 0.346 e. The van der Waals surface area contributed by atoms with Crippen molar-refractivity contribution >= 4 is 11.0 Å². The zero-order chi connectivity index (χ0) is 11.7. The van der Waals surface area contributed by atoms with Crippen molar-refractivity contribution in [3.8, 4) is 17.3 Å². The van der Waals surface area contributed by atoms with Crippen LogP contribution in [-0.2, 0) is 0 Å². The average molecular weight is 220 g/mol. The summed E-state index contributed by atoms with van der Waals surface area (Å²) < 4.78 is 0. The molecule has 2 aromatic heterocycles. The van der Waals surface area contributed by atoms with Crippen LogP contribution in [-0.4, -0.2) is 15.0 Å². The van der Waals surface area contributed by atoms with E-state index in [0.717, 1.165) is 22.3 Å². The fourth-order valence-electron chi connectivity index (χ4n) is 1.84. The van der Waals surface area contributed by atoms with Crippen LogP contribution in [0.4, 0.5) is 0 Å². The summed E-state index contributed by atoms with van der Waals surface area (Å²) in [5, 5.41) is 9.85. The first-order chi connectivity index (χ1) is 8.38. The van der Waals surface area contributed by atoms with Gasteiger partial charge in [0.15, 0.2) is 0 Å². The van der Waals surface area contributed by atoms with Gasteiger partial charge in [-0.1, -0.05) is 12.1 Å². The van der Waals surface area contributed by atoms with Gasteiger partial charge in [0.25, 0.3) is 0 Å². The zero-order valence-corrected chi connectivity index (χ0v) is 8.88. The SMILES string of the molecule is N#Cc1cccc(-c2ncnc3[nH]ccc23)c1. The smallest absolute Gasteiger partial charge is 0.141 e. The number of nitrogens with zero attached hydrogens (tertiary/aromatic N) is 3. The molecule has 0 unspecified atom stereocenters. The van der Waals surface area contributed by atoms with E-state index in [2.05, 4.69) is 21.0 Å². The molecular formula is C13H8N4. The molecular weight excluding hydrogens is 212 g/mol. The lowest BCUT2D eigenvalue weighted by atomic mass is 10.1. The van der Waals surface area contributed by atoms with Gasteiger partial charge >= 0.3 is 0 Å². The Labute approximate surface area is 97.6 Å². The van der Waals surface area contributed by atoms with Gasteiger partial charge in [-0.2, -0.15) is 5.26 Å². The third kappa shape index (κ3) is 1.54. The molecule has 4 heteroatoms. The lowest BCUT2D eigenvalue weighted by Gasteiger charge is -2.02. The maximum absolute atomic E-state index is 8.89. The normalized spacial score (nSPS) is 10.3. The van der Waals surface area contributed by atoms with E-state index in [1.807, 2.05) is 30.5 Å². The molecule has 3 rings (SSSR count). The van der Waals surface area contributed by atoms with Crippen molar-refractivity contribution < 1.29 is 0 Å². The maximum Gasteiger partial charge on any atom is 0.141 e. The Kier molecular flexibility index (Phi) is 2.09. The number of aromatic nitrogens is 3. The Hall–Kier alpha value is -2.67. The van der Waals surface area contributed by atoms with Crippen LogP contribution in [0.2, 0.25) is 0 Å². The number of rotatable bonds is 1. The van der Waals surface area contributed by atoms with Crippen LogP contribution < -0.4 is 0 Å². The summed E-state index contributed by atoms with van der Waals surface area (Å²) in [5.41, 5.74) is 3.20. The molecule has 0 atom stereocenters. The molecule has 2 heterocycles. The second-order valence-corrected chi connectivity index (χ2v) is 3.65. The molecule has 0 bridgehead atoms. The predicted octanol–water partition coefficient (Wildman–Crippen LogP) is 2.50. The molecule has 1 N–H and O–H groups in total. The van der Waals surface area contributed by atoms with Crippen LogP contribution in [0, 0.1) is 11.3 Å². The van der Waals surface area contributed by atoms with Gasteiger partial charge in [0, 0.05) is 17.1 Å². The van der Waals surface area contributed by atoms with Crippen LogP contribution in [0.5, 0.6) is 0 Å². The molecule has 0 aliphatic heterocycles. The van der Waals surface area contributed by atoms with E-state index in [4.69, 9.17) is 5.26 Å². The van der Waals surface area contributed by atoms with E-state index >= 15 is 0 Å². The highest BCUT2D eigenvalue weighted by atomic mass is 14.9. The topological polar surface area (TPSA) is 65.4 Å². The molecule has 4 nitrogen and oxygen atoms in total. The van der Waals surface area contributed by atoms with Crippen LogP contribution in [0.1, 0.15) is 5.56 Å². The van der Waals surface area contributed by atoms with Crippen molar-refractivity contribution in [1.82, 2.24) is 15.0 Å². The fourth-order valence-corrected chi connectivity index (χ4v) is 1.84. The molecule has 0 radical (unpaired) electrons. The Morgan fingerprint density at radius 3 is 3.00 bits per heavy atom. The minimum atomic E-state index is 0.629. The van der Waals surface area contributed by atoms with E-state index in [9.17, 15) is 0 Å². The molecule has 3 aromatic rings. The molecule has 0 spiro atoms. The van der Waals surface area contributed by atoms with E-state index in [0.29, 0.717) is 5.56 Å². The Bertz CT molecular complexity index is 721. The van der Waals surface area contributed by atoms with Crippen molar-refractivity contribution in [1.29, 1.82) is 5.26 Å². The number of nitriles is 1. The van der Waals surface area contributed by atoms with E-state index < -0.39 is 0 Å². The fraction of sp³-hybridized carbons (Fsp3) is 0. The van der Waals surface area contributed by atoms with Crippen molar-refractivity contribution in [2.75, 3.05) is 0 Å². The summed E-state index contributed by atoms with van der Waals surface area (Å²) in [6.07, 6.45) is 3.35. The summed E-state index contributed by atoms with van der Waals surface area (Å²) in [7, 11) is 0. The molecule has 0 aliphatic carbocycles. The summed E-state index contributed by atoms with van der Waals surface area (Å²) in [5.74, 6) is 0. The van der Waals surface area contributed by atoms with Crippen molar-refractivity contribution in [2.24, 2.45) is 0 Å². The highest BCUT2D eigenvalue weighted by Gasteiger charge is 2.07. The second-order valence-electron chi connectivity index (χ2n) is 3.65. The monoisotopic (exact) mass is 220 g/mol. The zero-order valence-electron chi connectivity index (χ0n) is 8.88. The molecule has 17 heavy (non-hydrogen) atoms. The quantitative estimate of drug-likeness (QED) is 0.685. The lowest BCUT2D eigenvalue weighted by molar-refractivity contribution is 1.20. The summed E-state index contributed by atoms with van der Waals surface area (Å²) in [4.78, 5) is 11.5. The summed E-state index contributed by atoms with van der Waals surface area (Å²) in [6.45, 7) is 0. The van der Waals surface area contributed by atoms with Gasteiger partial charge in [0.05, 0.1) is 17.3 Å². The number of H-pyrrole nitrogens is 1. The van der Waals surface area contributed by atoms with Gasteiger partial charge in [-0.15, -0.1) is 0 Å². The first kappa shape index (κ1) is 9.55. The minimum absolute atomic E-state index is 0.629. The van der Waals surface area contributed by atoms with E-state index in [1.165, 1.54) is 6.33 Å². The van der Waals surface area contributed by atoms with Gasteiger partial charge in [0.2, 0.25) is 0 Å². The summed E-state index contributed by atoms with van der Waals surface area (Å²) in [6, 6.07) is 11.5. The minimum Gasteiger partial charge on any atom is -0.346 e. The molecule has 0 amide bonds. The average Bonchev–Trinajstić information content (AvgIpc) is 2.87. The van der Waals surface area contributed by atoms with Crippen LogP contribution in [0.15, 0.2) is 42.9 Å². The first-order valence-electron chi connectivity index (χ1n) is 5.17. The molecule has 0 fully saturated rings. The summed E-state index contributed by atoms with van der Waals surface area (Å²) >= 11 is 0. The van der Waals surface area contributed by atoms with Gasteiger partial charge < -0.3 is 4.98 Å². The van der Waals surface area contributed by atoms with Gasteiger partial charge in [-0.05, 0) is 18.2 Å². The predicted molar refractivity (Wildman–Crippen MR) is 64.0 cm³/mol. The van der Waals surface area contributed by atoms with Crippen LogP contribution in [0.3, 0.4) is 0 Å². The number of fused-ring (bicyclic) bond motifs is 1. The number of benzene rings is 1. The Morgan fingerprint density at radius 2 is 2.12 bits per heavy atom. The Balaban J connectivity index is 2.27. The third-order valence-electron chi connectivity index (χ3n) is 2.62. The molecule has 0 saturated carbocycles. The van der Waals surface area contributed by atoms with Crippen LogP contribution >= 0.6 is 0 Å². The van der Waals surface area contributed by atoms with Crippen LogP contribution in [0.25, 0.3) is 22.3 Å². The highest BCUT2D eigenvalue weighted by Crippen LogP contribution is 2.24. The molecule has 0 saturated heterocycles. The number of aromatic amines is 1. The standard InChI is InChI=1S/C13H8N4/c14-7-9-2-1-3-10(6-9)12-11-4-5-15-13(11)17-8-16-12/h1-6,8H,(H,15,16,17). The molecule has 1 aromatic carbocycles. The molecule has 0 aliphatic rings. The Morgan fingerprint density at radius 1 is 1.18 bits per heavy atom. The van der Waals surface area contributed by atoms with Crippen molar-refractivity contribution in [3.63, 3.8) is 0 Å². The van der Waals surface area contributed by atoms with E-state index in [1.54, 1.807) is 6.07 Å². The van der Waals surface area contributed by atoms with E-state index in [-0.39, 0.29) is 0 Å². The van der Waals surface area contributed by atoms with Crippen molar-refractivity contribution in [2.45, 2.75) is 0 Å². The number of hydrogen-bond donors (Lipinski definition) is 1. The van der Waals surface area contributed by atoms with Gasteiger partial charge in [-0.25, -0.2) is 9.97 Å². The maximum atomic E-state index is 8.89. The van der Waals surface area contributed by atoms with Gasteiger partial charge in [0.1, 0.15) is 12.0 Å². The first-order valence-corrected chi connectivity index (χ1v) is 5.17.